The predicted octanol–water partition coefficient (Wildman–Crippen LogP) is 3.34. The first-order valence-electron chi connectivity index (χ1n) is 9.22. The van der Waals surface area contributed by atoms with Gasteiger partial charge in [0.05, 0.1) is 17.8 Å². The number of rotatable bonds is 6. The molecule has 7 nitrogen and oxygen atoms in total. The van der Waals surface area contributed by atoms with E-state index < -0.39 is 18.5 Å². The lowest BCUT2D eigenvalue weighted by atomic mass is 10.2. The van der Waals surface area contributed by atoms with Crippen molar-refractivity contribution in [1.82, 2.24) is 15.4 Å². The number of hydrazone groups is 1. The van der Waals surface area contributed by atoms with Crippen LogP contribution in [0.15, 0.2) is 72.2 Å². The Kier molecular flexibility index (Phi) is 5.78. The maximum absolute atomic E-state index is 13.8. The van der Waals surface area contributed by atoms with Crippen LogP contribution in [0, 0.1) is 5.82 Å². The fourth-order valence-electron chi connectivity index (χ4n) is 2.92. The van der Waals surface area contributed by atoms with Crippen LogP contribution >= 0.6 is 0 Å². The number of carbonyl (C=O) groups is 1. The normalized spacial score (nSPS) is 15.2. The third-order valence-electron chi connectivity index (χ3n) is 4.44. The second-order valence-electron chi connectivity index (χ2n) is 6.56. The zero-order valence-electron chi connectivity index (χ0n) is 16.0. The van der Waals surface area contributed by atoms with E-state index in [1.165, 1.54) is 41.7 Å². The molecule has 0 bridgehead atoms. The summed E-state index contributed by atoms with van der Waals surface area (Å²) in [4.78, 5) is 22.6. The minimum atomic E-state index is -2.73. The van der Waals surface area contributed by atoms with Crippen LogP contribution in [0.4, 0.5) is 18.9 Å². The average Bonchev–Trinajstić information content (AvgIpc) is 3.29. The van der Waals surface area contributed by atoms with Crippen LogP contribution in [0.1, 0.15) is 21.6 Å². The van der Waals surface area contributed by atoms with Crippen LogP contribution in [0.2, 0.25) is 0 Å². The molecule has 0 saturated carbocycles. The van der Waals surface area contributed by atoms with E-state index in [1.54, 1.807) is 30.3 Å². The summed E-state index contributed by atoms with van der Waals surface area (Å²) < 4.78 is 44.2. The molecule has 1 aliphatic rings. The Morgan fingerprint density at radius 2 is 1.97 bits per heavy atom. The van der Waals surface area contributed by atoms with Gasteiger partial charge in [-0.3, -0.25) is 20.2 Å². The largest absolute Gasteiger partial charge is 0.444 e. The predicted molar refractivity (Wildman–Crippen MR) is 106 cm³/mol. The maximum Gasteiger partial charge on any atom is 0.294 e. The number of ether oxygens (including phenoxy) is 1. The highest BCUT2D eigenvalue weighted by Gasteiger charge is 2.29. The standard InChI is InChI=1S/C21H16F3N5O2/c22-15-2-1-3-17(10-15)29(21(30)13-6-8-25-9-7-13)12-16-5-4-14(11-26-16)19-27-28-20(31-19)18(23)24/h1-11,18,20,28H,12H2. The van der Waals surface area contributed by atoms with Crippen molar-refractivity contribution in [3.8, 4) is 0 Å². The number of nitrogens with zero attached hydrogens (tertiary/aromatic N) is 4. The highest BCUT2D eigenvalue weighted by molar-refractivity contribution is 6.05. The molecule has 1 atom stereocenters. The molecule has 1 aliphatic heterocycles. The van der Waals surface area contributed by atoms with Crippen molar-refractivity contribution in [2.75, 3.05) is 4.90 Å². The smallest absolute Gasteiger partial charge is 0.294 e. The monoisotopic (exact) mass is 427 g/mol. The molecule has 3 heterocycles. The first-order valence-corrected chi connectivity index (χ1v) is 9.22. The van der Waals surface area contributed by atoms with E-state index in [2.05, 4.69) is 20.5 Å². The van der Waals surface area contributed by atoms with Gasteiger partial charge in [0.15, 0.2) is 0 Å². The van der Waals surface area contributed by atoms with Crippen LogP contribution < -0.4 is 10.3 Å². The van der Waals surface area contributed by atoms with Gasteiger partial charge in [-0.2, -0.15) is 0 Å². The van der Waals surface area contributed by atoms with Crippen molar-refractivity contribution in [1.29, 1.82) is 0 Å². The fraction of sp³-hybridized carbons (Fsp3) is 0.143. The van der Waals surface area contributed by atoms with E-state index in [0.29, 0.717) is 22.5 Å². The molecule has 2 aromatic heterocycles. The van der Waals surface area contributed by atoms with Gasteiger partial charge in [0.1, 0.15) is 5.82 Å². The molecule has 158 valence electrons. The van der Waals surface area contributed by atoms with Crippen molar-refractivity contribution in [2.24, 2.45) is 5.10 Å². The number of amides is 1. The summed E-state index contributed by atoms with van der Waals surface area (Å²) in [7, 11) is 0. The van der Waals surface area contributed by atoms with Gasteiger partial charge in [0, 0.05) is 29.8 Å². The number of pyridine rings is 2. The summed E-state index contributed by atoms with van der Waals surface area (Å²) in [5, 5.41) is 3.74. The number of benzene rings is 1. The molecule has 1 aromatic carbocycles. The highest BCUT2D eigenvalue weighted by Crippen LogP contribution is 2.21. The number of alkyl halides is 2. The molecule has 4 rings (SSSR count). The quantitative estimate of drug-likeness (QED) is 0.653. The van der Waals surface area contributed by atoms with Crippen LogP contribution in [0.25, 0.3) is 0 Å². The van der Waals surface area contributed by atoms with Crippen LogP contribution in [0.5, 0.6) is 0 Å². The van der Waals surface area contributed by atoms with Crippen molar-refractivity contribution in [3.05, 3.63) is 89.8 Å². The van der Waals surface area contributed by atoms with E-state index >= 15 is 0 Å². The molecular formula is C21H16F3N5O2. The third-order valence-corrected chi connectivity index (χ3v) is 4.44. The minimum Gasteiger partial charge on any atom is -0.444 e. The van der Waals surface area contributed by atoms with Gasteiger partial charge >= 0.3 is 0 Å². The molecule has 0 fully saturated rings. The lowest BCUT2D eigenvalue weighted by Gasteiger charge is -2.23. The van der Waals surface area contributed by atoms with Crippen LogP contribution in [-0.2, 0) is 11.3 Å². The Morgan fingerprint density at radius 1 is 1.16 bits per heavy atom. The second-order valence-corrected chi connectivity index (χ2v) is 6.56. The first-order chi connectivity index (χ1) is 15.0. The number of nitrogens with one attached hydrogen (secondary N) is 1. The van der Waals surface area contributed by atoms with Gasteiger partial charge in [-0.05, 0) is 42.5 Å². The molecule has 1 unspecified atom stereocenters. The fourth-order valence-corrected chi connectivity index (χ4v) is 2.92. The van der Waals surface area contributed by atoms with Gasteiger partial charge in [-0.25, -0.2) is 13.2 Å². The summed E-state index contributed by atoms with van der Waals surface area (Å²) in [6, 6.07) is 12.0. The lowest BCUT2D eigenvalue weighted by Crippen LogP contribution is -2.31. The molecule has 0 saturated heterocycles. The Labute approximate surface area is 175 Å². The Hall–Kier alpha value is -3.95. The van der Waals surface area contributed by atoms with Gasteiger partial charge < -0.3 is 9.64 Å². The summed E-state index contributed by atoms with van der Waals surface area (Å²) in [5.74, 6) is -0.837. The van der Waals surface area contributed by atoms with E-state index in [4.69, 9.17) is 4.74 Å². The molecular weight excluding hydrogens is 411 g/mol. The average molecular weight is 427 g/mol. The Bertz CT molecular complexity index is 1090. The van der Waals surface area contributed by atoms with E-state index in [-0.39, 0.29) is 18.3 Å². The zero-order valence-corrected chi connectivity index (χ0v) is 16.0. The molecule has 0 aliphatic carbocycles. The maximum atomic E-state index is 13.8. The molecule has 3 aromatic rings. The molecule has 0 spiro atoms. The first kappa shape index (κ1) is 20.3. The zero-order chi connectivity index (χ0) is 21.8. The summed E-state index contributed by atoms with van der Waals surface area (Å²) in [6.07, 6.45) is 0.161. The number of hydrogen-bond donors (Lipinski definition) is 1. The molecule has 31 heavy (non-hydrogen) atoms. The van der Waals surface area contributed by atoms with Crippen molar-refractivity contribution >= 4 is 17.5 Å². The molecule has 0 radical (unpaired) electrons. The van der Waals surface area contributed by atoms with E-state index in [9.17, 15) is 18.0 Å². The highest BCUT2D eigenvalue weighted by atomic mass is 19.3. The van der Waals surface area contributed by atoms with Gasteiger partial charge in [-0.15, -0.1) is 5.10 Å². The lowest BCUT2D eigenvalue weighted by molar-refractivity contribution is 0.000580. The number of hydrogen-bond acceptors (Lipinski definition) is 6. The van der Waals surface area contributed by atoms with Gasteiger partial charge in [-0.1, -0.05) is 6.07 Å². The number of halogens is 3. The van der Waals surface area contributed by atoms with E-state index in [0.717, 1.165) is 0 Å². The number of carbonyl (C=O) groups excluding carboxylic acids is 1. The molecule has 10 heteroatoms. The van der Waals surface area contributed by atoms with Gasteiger partial charge in [0.2, 0.25) is 12.1 Å². The third kappa shape index (κ3) is 4.63. The summed E-state index contributed by atoms with van der Waals surface area (Å²) in [5.41, 5.74) is 3.84. The topological polar surface area (TPSA) is 79.7 Å². The summed E-state index contributed by atoms with van der Waals surface area (Å²) in [6.45, 7) is 0.0517. The van der Waals surface area contributed by atoms with Crippen molar-refractivity contribution < 1.29 is 22.7 Å². The Balaban J connectivity index is 1.57. The molecule has 1 amide bonds. The minimum absolute atomic E-state index is 0.000742. The SMILES string of the molecule is O=C(c1ccncc1)N(Cc1ccc(C2=NNC(C(F)F)O2)cn1)c1cccc(F)c1. The van der Waals surface area contributed by atoms with Crippen molar-refractivity contribution in [3.63, 3.8) is 0 Å². The summed E-state index contributed by atoms with van der Waals surface area (Å²) >= 11 is 0. The molecule has 1 N–H and O–H groups in total. The Morgan fingerprint density at radius 3 is 2.61 bits per heavy atom. The van der Waals surface area contributed by atoms with Crippen LogP contribution in [0.3, 0.4) is 0 Å². The van der Waals surface area contributed by atoms with Crippen LogP contribution in [-0.4, -0.2) is 34.4 Å². The van der Waals surface area contributed by atoms with E-state index in [1.807, 2.05) is 0 Å². The van der Waals surface area contributed by atoms with Gasteiger partial charge in [0.25, 0.3) is 12.3 Å². The van der Waals surface area contributed by atoms with Crippen molar-refractivity contribution in [2.45, 2.75) is 19.2 Å². The second kappa shape index (κ2) is 8.82. The number of anilines is 1. The number of aromatic nitrogens is 2.